The number of nitriles is 1. The summed E-state index contributed by atoms with van der Waals surface area (Å²) in [6.07, 6.45) is -0.755. The Morgan fingerprint density at radius 2 is 1.78 bits per heavy atom. The van der Waals surface area contributed by atoms with Gasteiger partial charge in [-0.3, -0.25) is 0 Å². The van der Waals surface area contributed by atoms with Crippen LogP contribution in [0.25, 0.3) is 0 Å². The molecule has 3 rings (SSSR count). The highest BCUT2D eigenvalue weighted by molar-refractivity contribution is 5.34. The first-order valence-corrected chi connectivity index (χ1v) is 10.9. The van der Waals surface area contributed by atoms with Crippen molar-refractivity contribution in [2.45, 2.75) is 70.3 Å². The highest BCUT2D eigenvalue weighted by Gasteiger charge is 2.43. The van der Waals surface area contributed by atoms with Gasteiger partial charge in [0.1, 0.15) is 17.7 Å². The number of hydrogen-bond donors (Lipinski definition) is 0. The molecule has 2 aromatic rings. The molecule has 2 nitrogen and oxygen atoms in total. The predicted molar refractivity (Wildman–Crippen MR) is 111 cm³/mol. The quantitative estimate of drug-likeness (QED) is 0.385. The van der Waals surface area contributed by atoms with E-state index in [0.717, 1.165) is 49.8 Å². The fourth-order valence-electron chi connectivity index (χ4n) is 4.35. The van der Waals surface area contributed by atoms with E-state index in [1.165, 1.54) is 24.6 Å². The van der Waals surface area contributed by atoms with Crippen molar-refractivity contribution in [3.8, 4) is 6.07 Å². The van der Waals surface area contributed by atoms with E-state index in [4.69, 9.17) is 5.26 Å². The van der Waals surface area contributed by atoms with Crippen LogP contribution in [-0.4, -0.2) is 6.11 Å². The van der Waals surface area contributed by atoms with Crippen molar-refractivity contribution in [2.75, 3.05) is 0 Å². The van der Waals surface area contributed by atoms with Crippen LogP contribution in [0.5, 0.6) is 0 Å². The molecule has 0 amide bonds. The highest BCUT2D eigenvalue weighted by Crippen LogP contribution is 2.39. The SMILES string of the molecule is CCCC1CCC(c2ccc(COC(F)(F)C(F)c3ccc(C#N)c(F)c3)c(F)c2)CC1. The summed E-state index contributed by atoms with van der Waals surface area (Å²) in [5.74, 6) is -0.813. The number of alkyl halides is 3. The molecule has 172 valence electrons. The Morgan fingerprint density at radius 3 is 2.38 bits per heavy atom. The van der Waals surface area contributed by atoms with E-state index < -0.39 is 36.1 Å². The molecule has 0 heterocycles. The van der Waals surface area contributed by atoms with Crippen LogP contribution >= 0.6 is 0 Å². The van der Waals surface area contributed by atoms with Crippen molar-refractivity contribution < 1.29 is 26.7 Å². The molecule has 1 unspecified atom stereocenters. The summed E-state index contributed by atoms with van der Waals surface area (Å²) in [5, 5.41) is 8.69. The number of hydrogen-bond acceptors (Lipinski definition) is 2. The summed E-state index contributed by atoms with van der Waals surface area (Å²) >= 11 is 0. The van der Waals surface area contributed by atoms with Gasteiger partial charge in [0.05, 0.1) is 12.2 Å². The average Bonchev–Trinajstić information content (AvgIpc) is 2.78. The zero-order valence-electron chi connectivity index (χ0n) is 17.9. The lowest BCUT2D eigenvalue weighted by atomic mass is 9.77. The normalized spacial score (nSPS) is 20.0. The summed E-state index contributed by atoms with van der Waals surface area (Å²) in [4.78, 5) is 0. The maximum absolute atomic E-state index is 14.5. The number of nitrogens with zero attached hydrogens (tertiary/aromatic N) is 1. The fourth-order valence-corrected chi connectivity index (χ4v) is 4.35. The zero-order chi connectivity index (χ0) is 23.3. The lowest BCUT2D eigenvalue weighted by Gasteiger charge is -2.28. The Hall–Kier alpha value is -2.46. The van der Waals surface area contributed by atoms with E-state index in [1.807, 2.05) is 0 Å². The van der Waals surface area contributed by atoms with Gasteiger partial charge in [-0.25, -0.2) is 13.2 Å². The van der Waals surface area contributed by atoms with Crippen LogP contribution in [-0.2, 0) is 11.3 Å². The van der Waals surface area contributed by atoms with E-state index in [2.05, 4.69) is 11.7 Å². The van der Waals surface area contributed by atoms with Crippen LogP contribution in [0.4, 0.5) is 22.0 Å². The van der Waals surface area contributed by atoms with Crippen molar-refractivity contribution >= 4 is 0 Å². The van der Waals surface area contributed by atoms with Gasteiger partial charge in [-0.05, 0) is 66.8 Å². The molecular formula is C25H26F5NO. The van der Waals surface area contributed by atoms with Gasteiger partial charge in [0.15, 0.2) is 0 Å². The maximum Gasteiger partial charge on any atom is 0.391 e. The molecule has 0 N–H and O–H groups in total. The molecule has 0 aromatic heterocycles. The second kappa shape index (κ2) is 10.4. The average molecular weight is 451 g/mol. The van der Waals surface area contributed by atoms with Crippen molar-refractivity contribution in [1.82, 2.24) is 0 Å². The minimum Gasteiger partial charge on any atom is -0.313 e. The second-order valence-electron chi connectivity index (χ2n) is 8.42. The van der Waals surface area contributed by atoms with Crippen molar-refractivity contribution in [2.24, 2.45) is 5.92 Å². The van der Waals surface area contributed by atoms with Crippen LogP contribution in [0.15, 0.2) is 36.4 Å². The van der Waals surface area contributed by atoms with Crippen LogP contribution in [0.1, 0.15) is 79.8 Å². The van der Waals surface area contributed by atoms with Gasteiger partial charge in [-0.2, -0.15) is 14.0 Å². The zero-order valence-corrected chi connectivity index (χ0v) is 17.9. The maximum atomic E-state index is 14.5. The smallest absolute Gasteiger partial charge is 0.313 e. The number of benzene rings is 2. The monoisotopic (exact) mass is 451 g/mol. The van der Waals surface area contributed by atoms with E-state index in [1.54, 1.807) is 6.07 Å². The van der Waals surface area contributed by atoms with Gasteiger partial charge < -0.3 is 4.74 Å². The molecule has 1 saturated carbocycles. The van der Waals surface area contributed by atoms with Crippen LogP contribution < -0.4 is 0 Å². The predicted octanol–water partition coefficient (Wildman–Crippen LogP) is 7.73. The molecule has 1 fully saturated rings. The Balaban J connectivity index is 1.62. The third-order valence-electron chi connectivity index (χ3n) is 6.21. The molecule has 32 heavy (non-hydrogen) atoms. The summed E-state index contributed by atoms with van der Waals surface area (Å²) in [6.45, 7) is 1.33. The Kier molecular flexibility index (Phi) is 7.89. The third-order valence-corrected chi connectivity index (χ3v) is 6.21. The molecule has 0 aliphatic heterocycles. The Morgan fingerprint density at radius 1 is 1.06 bits per heavy atom. The van der Waals surface area contributed by atoms with Crippen LogP contribution in [0.2, 0.25) is 0 Å². The van der Waals surface area contributed by atoms with E-state index >= 15 is 0 Å². The molecule has 1 aliphatic rings. The Bertz CT molecular complexity index is 963. The van der Waals surface area contributed by atoms with Gasteiger partial charge in [0.25, 0.3) is 0 Å². The first-order chi connectivity index (χ1) is 15.2. The van der Waals surface area contributed by atoms with E-state index in [0.29, 0.717) is 12.0 Å². The molecule has 1 atom stereocenters. The van der Waals surface area contributed by atoms with Crippen molar-refractivity contribution in [3.63, 3.8) is 0 Å². The summed E-state index contributed by atoms with van der Waals surface area (Å²) < 4.78 is 75.3. The molecule has 0 bridgehead atoms. The first kappa shape index (κ1) is 24.2. The fraction of sp³-hybridized carbons (Fsp3) is 0.480. The summed E-state index contributed by atoms with van der Waals surface area (Å²) in [5.41, 5.74) is -0.317. The largest absolute Gasteiger partial charge is 0.391 e. The minimum atomic E-state index is -4.30. The molecule has 1 aliphatic carbocycles. The van der Waals surface area contributed by atoms with Crippen molar-refractivity contribution in [1.29, 1.82) is 5.26 Å². The van der Waals surface area contributed by atoms with Crippen molar-refractivity contribution in [3.05, 3.63) is 70.3 Å². The van der Waals surface area contributed by atoms with Gasteiger partial charge >= 0.3 is 6.11 Å². The Labute approximate surface area is 185 Å². The topological polar surface area (TPSA) is 33.0 Å². The molecular weight excluding hydrogens is 425 g/mol. The lowest BCUT2D eigenvalue weighted by molar-refractivity contribution is -0.282. The van der Waals surface area contributed by atoms with Gasteiger partial charge in [0, 0.05) is 5.56 Å². The first-order valence-electron chi connectivity index (χ1n) is 10.9. The van der Waals surface area contributed by atoms with Gasteiger partial charge in [0.2, 0.25) is 6.17 Å². The highest BCUT2D eigenvalue weighted by atomic mass is 19.3. The number of rotatable bonds is 8. The van der Waals surface area contributed by atoms with E-state index in [-0.39, 0.29) is 17.0 Å². The van der Waals surface area contributed by atoms with Gasteiger partial charge in [-0.15, -0.1) is 0 Å². The van der Waals surface area contributed by atoms with Crippen LogP contribution in [0, 0.1) is 28.9 Å². The standard InChI is InChI=1S/C25H26F5NO/c1-2-3-16-4-6-17(7-5-16)18-8-11-21(23(27)12-18)15-32-25(29,30)24(28)19-9-10-20(14-31)22(26)13-19/h8-13,16-17,24H,2-7,15H2,1H3. The summed E-state index contributed by atoms with van der Waals surface area (Å²) in [6, 6.07) is 8.34. The second-order valence-corrected chi connectivity index (χ2v) is 8.42. The minimum absolute atomic E-state index is 0.105. The third kappa shape index (κ3) is 5.66. The lowest BCUT2D eigenvalue weighted by Crippen LogP contribution is -2.27. The number of halogens is 5. The van der Waals surface area contributed by atoms with E-state index in [9.17, 15) is 22.0 Å². The molecule has 0 saturated heterocycles. The van der Waals surface area contributed by atoms with Gasteiger partial charge in [-0.1, -0.05) is 38.0 Å². The van der Waals surface area contributed by atoms with Crippen LogP contribution in [0.3, 0.4) is 0 Å². The number of ether oxygens (including phenoxy) is 1. The molecule has 7 heteroatoms. The summed E-state index contributed by atoms with van der Waals surface area (Å²) in [7, 11) is 0. The molecule has 0 spiro atoms. The molecule has 2 aromatic carbocycles. The molecule has 0 radical (unpaired) electrons.